The van der Waals surface area contributed by atoms with Gasteiger partial charge < -0.3 is 9.57 Å². The van der Waals surface area contributed by atoms with E-state index in [1.165, 1.54) is 28.3 Å². The summed E-state index contributed by atoms with van der Waals surface area (Å²) in [5.74, 6) is 0.623. The first-order valence-corrected chi connectivity index (χ1v) is 10.6. The fourth-order valence-electron chi connectivity index (χ4n) is 1.94. The predicted molar refractivity (Wildman–Crippen MR) is 99.8 cm³/mol. The third-order valence-electron chi connectivity index (χ3n) is 3.44. The molecule has 0 aliphatic heterocycles. The van der Waals surface area contributed by atoms with Crippen molar-refractivity contribution in [1.29, 1.82) is 0 Å². The van der Waals surface area contributed by atoms with Gasteiger partial charge in [0.05, 0.1) is 13.7 Å². The Labute approximate surface area is 163 Å². The first-order chi connectivity index (χ1) is 13.1. The molecule has 0 spiro atoms. The third kappa shape index (κ3) is 4.83. The van der Waals surface area contributed by atoms with Crippen molar-refractivity contribution in [1.82, 2.24) is 23.2 Å². The van der Waals surface area contributed by atoms with Crippen LogP contribution in [0, 0.1) is 0 Å². The van der Waals surface area contributed by atoms with Crippen molar-refractivity contribution >= 4 is 25.9 Å². The lowest BCUT2D eigenvalue weighted by Gasteiger charge is -2.09. The van der Waals surface area contributed by atoms with E-state index in [4.69, 9.17) is 9.57 Å². The van der Waals surface area contributed by atoms with Gasteiger partial charge in [0.1, 0.15) is 24.9 Å². The summed E-state index contributed by atoms with van der Waals surface area (Å²) in [6.07, 6.45) is 0.803. The summed E-state index contributed by atoms with van der Waals surface area (Å²) in [6, 6.07) is 6.73. The smallest absolute Gasteiger partial charge is 0.323 e. The summed E-state index contributed by atoms with van der Waals surface area (Å²) < 4.78 is 57.5. The van der Waals surface area contributed by atoms with Crippen LogP contribution in [0.2, 0.25) is 0 Å². The Morgan fingerprint density at radius 1 is 1.18 bits per heavy atom. The molecular formula is C14H20N6O6S2. The standard InChI is InChI=1S/C14H20N6O6S2/c1-19(2)28(23,24)20-10-15-14(17-20)27(21,22)16-9-13(18-26-4)11-5-7-12(25-3)8-6-11/h5-8,10,16H,9H2,1-4H3/b18-13+. The van der Waals surface area contributed by atoms with Crippen LogP contribution in [-0.2, 0) is 25.1 Å². The minimum Gasteiger partial charge on any atom is -0.497 e. The molecule has 2 aromatic rings. The van der Waals surface area contributed by atoms with Gasteiger partial charge >= 0.3 is 10.2 Å². The van der Waals surface area contributed by atoms with Crippen LogP contribution in [0.3, 0.4) is 0 Å². The van der Waals surface area contributed by atoms with Crippen molar-refractivity contribution in [2.45, 2.75) is 5.16 Å². The molecule has 154 valence electrons. The van der Waals surface area contributed by atoms with E-state index < -0.39 is 25.4 Å². The summed E-state index contributed by atoms with van der Waals surface area (Å²) in [5, 5.41) is 6.66. The van der Waals surface area contributed by atoms with E-state index >= 15 is 0 Å². The summed E-state index contributed by atoms with van der Waals surface area (Å²) in [4.78, 5) is 8.33. The Bertz CT molecular complexity index is 1040. The van der Waals surface area contributed by atoms with Crippen LogP contribution < -0.4 is 9.46 Å². The minimum atomic E-state index is -4.20. The highest BCUT2D eigenvalue weighted by atomic mass is 32.2. The number of hydrogen-bond donors (Lipinski definition) is 1. The molecule has 1 aromatic heterocycles. The predicted octanol–water partition coefficient (Wildman–Crippen LogP) is -0.730. The molecule has 0 saturated carbocycles. The number of benzene rings is 1. The minimum absolute atomic E-state index is 0.239. The number of ether oxygens (including phenoxy) is 1. The molecule has 0 aliphatic carbocycles. The van der Waals surface area contributed by atoms with Gasteiger partial charge in [-0.15, -0.1) is 9.19 Å². The number of rotatable bonds is 9. The van der Waals surface area contributed by atoms with Gasteiger partial charge in [-0.1, -0.05) is 5.16 Å². The van der Waals surface area contributed by atoms with Gasteiger partial charge in [0, 0.05) is 19.7 Å². The van der Waals surface area contributed by atoms with Crippen LogP contribution in [-0.4, -0.2) is 75.9 Å². The normalized spacial score (nSPS) is 13.0. The first-order valence-electron chi connectivity index (χ1n) is 7.70. The first kappa shape index (κ1) is 21.7. The van der Waals surface area contributed by atoms with E-state index in [0.29, 0.717) is 15.4 Å². The van der Waals surface area contributed by atoms with Gasteiger partial charge in [-0.05, 0) is 24.3 Å². The summed E-state index contributed by atoms with van der Waals surface area (Å²) >= 11 is 0. The second kappa shape index (κ2) is 8.64. The molecule has 0 atom stereocenters. The van der Waals surface area contributed by atoms with E-state index in [1.807, 2.05) is 0 Å². The van der Waals surface area contributed by atoms with Crippen molar-refractivity contribution in [3.63, 3.8) is 0 Å². The molecule has 0 unspecified atom stereocenters. The van der Waals surface area contributed by atoms with Crippen molar-refractivity contribution < 1.29 is 26.4 Å². The second-order valence-electron chi connectivity index (χ2n) is 5.46. The Kier molecular flexibility index (Phi) is 6.71. The Balaban J connectivity index is 2.21. The highest BCUT2D eigenvalue weighted by Crippen LogP contribution is 2.12. The fourth-order valence-corrected chi connectivity index (χ4v) is 3.52. The average Bonchev–Trinajstić information content (AvgIpc) is 3.17. The zero-order valence-corrected chi connectivity index (χ0v) is 17.2. The summed E-state index contributed by atoms with van der Waals surface area (Å²) in [5.41, 5.74) is 0.882. The number of nitrogens with one attached hydrogen (secondary N) is 1. The van der Waals surface area contributed by atoms with E-state index in [-0.39, 0.29) is 12.3 Å². The van der Waals surface area contributed by atoms with Crippen LogP contribution in [0.25, 0.3) is 0 Å². The molecule has 12 nitrogen and oxygen atoms in total. The van der Waals surface area contributed by atoms with E-state index in [9.17, 15) is 16.8 Å². The Morgan fingerprint density at radius 3 is 2.36 bits per heavy atom. The van der Waals surface area contributed by atoms with Crippen LogP contribution in [0.1, 0.15) is 5.56 Å². The number of oxime groups is 1. The van der Waals surface area contributed by atoms with Crippen molar-refractivity contribution in [3.05, 3.63) is 36.2 Å². The van der Waals surface area contributed by atoms with Crippen molar-refractivity contribution in [2.75, 3.05) is 34.9 Å². The van der Waals surface area contributed by atoms with Gasteiger partial charge in [-0.3, -0.25) is 0 Å². The van der Waals surface area contributed by atoms with Crippen LogP contribution in [0.15, 0.2) is 40.9 Å². The van der Waals surface area contributed by atoms with Crippen LogP contribution in [0.4, 0.5) is 0 Å². The van der Waals surface area contributed by atoms with Crippen LogP contribution in [0.5, 0.6) is 5.75 Å². The van der Waals surface area contributed by atoms with E-state index in [1.54, 1.807) is 24.3 Å². The second-order valence-corrected chi connectivity index (χ2v) is 9.12. The molecule has 0 saturated heterocycles. The maximum absolute atomic E-state index is 12.4. The molecule has 0 fully saturated rings. The maximum Gasteiger partial charge on any atom is 0.323 e. The molecule has 2 rings (SSSR count). The summed E-state index contributed by atoms with van der Waals surface area (Å²) in [6.45, 7) is -0.239. The lowest BCUT2D eigenvalue weighted by Crippen LogP contribution is -2.32. The molecule has 28 heavy (non-hydrogen) atoms. The quantitative estimate of drug-likeness (QED) is 0.403. The van der Waals surface area contributed by atoms with Crippen molar-refractivity contribution in [3.8, 4) is 5.75 Å². The maximum atomic E-state index is 12.4. The highest BCUT2D eigenvalue weighted by molar-refractivity contribution is 7.89. The van der Waals surface area contributed by atoms with Gasteiger partial charge in [-0.2, -0.15) is 12.7 Å². The van der Waals surface area contributed by atoms with Gasteiger partial charge in [0.15, 0.2) is 0 Å². The summed E-state index contributed by atoms with van der Waals surface area (Å²) in [7, 11) is -2.76. The lowest BCUT2D eigenvalue weighted by atomic mass is 10.1. The van der Waals surface area contributed by atoms with E-state index in [2.05, 4.69) is 20.0 Å². The van der Waals surface area contributed by atoms with Gasteiger partial charge in [-0.25, -0.2) is 18.1 Å². The van der Waals surface area contributed by atoms with Crippen LogP contribution >= 0.6 is 0 Å². The zero-order chi connectivity index (χ0) is 20.9. The largest absolute Gasteiger partial charge is 0.497 e. The number of methoxy groups -OCH3 is 1. The van der Waals surface area contributed by atoms with E-state index in [0.717, 1.165) is 10.6 Å². The van der Waals surface area contributed by atoms with Gasteiger partial charge in [0.2, 0.25) is 0 Å². The third-order valence-corrected chi connectivity index (χ3v) is 6.21. The molecule has 0 aliphatic rings. The fraction of sp³-hybridized carbons (Fsp3) is 0.357. The highest BCUT2D eigenvalue weighted by Gasteiger charge is 2.25. The molecule has 0 radical (unpaired) electrons. The van der Waals surface area contributed by atoms with Gasteiger partial charge in [0.25, 0.3) is 15.2 Å². The molecule has 14 heteroatoms. The topological polar surface area (TPSA) is 145 Å². The molecule has 0 amide bonds. The number of nitrogens with zero attached hydrogens (tertiary/aromatic N) is 5. The molecular weight excluding hydrogens is 412 g/mol. The zero-order valence-electron chi connectivity index (χ0n) is 15.6. The monoisotopic (exact) mass is 432 g/mol. The molecule has 0 bridgehead atoms. The Morgan fingerprint density at radius 2 is 1.82 bits per heavy atom. The SMILES string of the molecule is CO/N=C(\CNS(=O)(=O)c1ncn(S(=O)(=O)N(C)C)n1)c1ccc(OC)cc1. The lowest BCUT2D eigenvalue weighted by molar-refractivity contribution is 0.213. The number of hydrogen-bond acceptors (Lipinski definition) is 9. The number of sulfonamides is 1. The number of aromatic nitrogens is 3. The molecule has 1 N–H and O–H groups in total. The molecule has 1 heterocycles. The average molecular weight is 432 g/mol. The molecule has 1 aromatic carbocycles. The Hall–Kier alpha value is -2.55. The van der Waals surface area contributed by atoms with Crippen molar-refractivity contribution in [2.24, 2.45) is 5.16 Å².